The second kappa shape index (κ2) is 9.03. The second-order valence-electron chi connectivity index (χ2n) is 8.31. The maximum absolute atomic E-state index is 10.9. The molecule has 23 heavy (non-hydrogen) atoms. The van der Waals surface area contributed by atoms with Crippen molar-refractivity contribution < 1.29 is 9.90 Å². The molecule has 2 aliphatic rings. The fourth-order valence-electron chi connectivity index (χ4n) is 4.86. The molecule has 2 fully saturated rings. The summed E-state index contributed by atoms with van der Waals surface area (Å²) in [6.45, 7) is 8.55. The number of likely N-dealkylation sites (tertiary alicyclic amines) is 1. The van der Waals surface area contributed by atoms with E-state index in [9.17, 15) is 4.79 Å². The minimum atomic E-state index is -0.714. The SMILES string of the molecule is CC1CC(C)CC(CCN2CCCC(N(C)CC(=O)O)CC2)C1. The smallest absolute Gasteiger partial charge is 0.317 e. The van der Waals surface area contributed by atoms with Crippen molar-refractivity contribution in [2.75, 3.05) is 33.2 Å². The van der Waals surface area contributed by atoms with Gasteiger partial charge in [0.05, 0.1) is 6.54 Å². The van der Waals surface area contributed by atoms with Crippen LogP contribution in [0.25, 0.3) is 0 Å². The molecule has 0 aromatic heterocycles. The molecule has 0 amide bonds. The molecule has 1 saturated heterocycles. The van der Waals surface area contributed by atoms with Gasteiger partial charge in [0, 0.05) is 6.04 Å². The van der Waals surface area contributed by atoms with Crippen LogP contribution in [0.3, 0.4) is 0 Å². The zero-order valence-electron chi connectivity index (χ0n) is 15.3. The van der Waals surface area contributed by atoms with Gasteiger partial charge in [-0.05, 0) is 89.4 Å². The molecule has 2 rings (SSSR count). The fourth-order valence-corrected chi connectivity index (χ4v) is 4.86. The van der Waals surface area contributed by atoms with Crippen molar-refractivity contribution >= 4 is 5.97 Å². The molecule has 1 aliphatic heterocycles. The maximum atomic E-state index is 10.9. The molecule has 0 aromatic rings. The number of hydrogen-bond donors (Lipinski definition) is 1. The zero-order valence-corrected chi connectivity index (χ0v) is 15.3. The molecule has 1 saturated carbocycles. The van der Waals surface area contributed by atoms with Gasteiger partial charge in [-0.2, -0.15) is 0 Å². The number of nitrogens with zero attached hydrogens (tertiary/aromatic N) is 2. The van der Waals surface area contributed by atoms with E-state index in [0.717, 1.165) is 37.1 Å². The largest absolute Gasteiger partial charge is 0.480 e. The Balaban J connectivity index is 1.72. The lowest BCUT2D eigenvalue weighted by molar-refractivity contribution is -0.138. The van der Waals surface area contributed by atoms with Crippen LogP contribution in [0.15, 0.2) is 0 Å². The van der Waals surface area contributed by atoms with Crippen LogP contribution in [0.2, 0.25) is 0 Å². The summed E-state index contributed by atoms with van der Waals surface area (Å²) in [6.07, 6.45) is 9.05. The highest BCUT2D eigenvalue weighted by molar-refractivity contribution is 5.69. The minimum Gasteiger partial charge on any atom is -0.480 e. The van der Waals surface area contributed by atoms with Gasteiger partial charge in [0.1, 0.15) is 0 Å². The predicted molar refractivity (Wildman–Crippen MR) is 94.6 cm³/mol. The van der Waals surface area contributed by atoms with E-state index < -0.39 is 5.97 Å². The van der Waals surface area contributed by atoms with E-state index in [2.05, 4.69) is 18.7 Å². The Hall–Kier alpha value is -0.610. The monoisotopic (exact) mass is 324 g/mol. The standard InChI is InChI=1S/C19H36N2O2/c1-15-11-16(2)13-17(12-15)6-9-21-8-4-5-18(7-10-21)20(3)14-19(22)23/h15-18H,4-14H2,1-3H3,(H,22,23). The van der Waals surface area contributed by atoms with E-state index in [0.29, 0.717) is 6.04 Å². The summed E-state index contributed by atoms with van der Waals surface area (Å²) in [5.74, 6) is 2.01. The van der Waals surface area contributed by atoms with E-state index in [1.807, 2.05) is 11.9 Å². The van der Waals surface area contributed by atoms with Crippen LogP contribution in [0.4, 0.5) is 0 Å². The molecule has 0 spiro atoms. The molecule has 1 N–H and O–H groups in total. The summed E-state index contributed by atoms with van der Waals surface area (Å²) >= 11 is 0. The first-order valence-corrected chi connectivity index (χ1v) is 9.58. The van der Waals surface area contributed by atoms with Crippen LogP contribution < -0.4 is 0 Å². The van der Waals surface area contributed by atoms with Crippen molar-refractivity contribution in [3.8, 4) is 0 Å². The quantitative estimate of drug-likeness (QED) is 0.814. The van der Waals surface area contributed by atoms with Gasteiger partial charge in [-0.25, -0.2) is 0 Å². The molecule has 3 atom stereocenters. The van der Waals surface area contributed by atoms with E-state index in [1.165, 1.54) is 45.2 Å². The summed E-state index contributed by atoms with van der Waals surface area (Å²) < 4.78 is 0. The highest BCUT2D eigenvalue weighted by atomic mass is 16.4. The van der Waals surface area contributed by atoms with Gasteiger partial charge in [0.15, 0.2) is 0 Å². The van der Waals surface area contributed by atoms with Crippen LogP contribution in [-0.4, -0.2) is 60.1 Å². The van der Waals surface area contributed by atoms with E-state index >= 15 is 0 Å². The van der Waals surface area contributed by atoms with Crippen molar-refractivity contribution in [3.05, 3.63) is 0 Å². The third-order valence-electron chi connectivity index (χ3n) is 5.93. The van der Waals surface area contributed by atoms with Crippen molar-refractivity contribution in [3.63, 3.8) is 0 Å². The Morgan fingerprint density at radius 2 is 1.83 bits per heavy atom. The van der Waals surface area contributed by atoms with Gasteiger partial charge >= 0.3 is 5.97 Å². The molecule has 0 bridgehead atoms. The number of hydrogen-bond acceptors (Lipinski definition) is 3. The first kappa shape index (κ1) is 18.7. The van der Waals surface area contributed by atoms with Crippen LogP contribution in [0, 0.1) is 17.8 Å². The Labute approximate surface area is 142 Å². The van der Waals surface area contributed by atoms with E-state index in [1.54, 1.807) is 0 Å². The summed E-state index contributed by atoms with van der Waals surface area (Å²) in [7, 11) is 1.96. The number of carboxylic acid groups (broad SMARTS) is 1. The Kier molecular flexibility index (Phi) is 7.35. The number of likely N-dealkylation sites (N-methyl/N-ethyl adjacent to an activating group) is 1. The predicted octanol–water partition coefficient (Wildman–Crippen LogP) is 3.32. The van der Waals surface area contributed by atoms with Crippen molar-refractivity contribution in [1.29, 1.82) is 0 Å². The molecule has 4 heteroatoms. The molecule has 134 valence electrons. The highest BCUT2D eigenvalue weighted by Gasteiger charge is 2.25. The summed E-state index contributed by atoms with van der Waals surface area (Å²) in [4.78, 5) is 15.5. The Bertz CT molecular complexity index is 364. The number of rotatable bonds is 6. The van der Waals surface area contributed by atoms with E-state index in [4.69, 9.17) is 5.11 Å². The topological polar surface area (TPSA) is 43.8 Å². The first-order chi connectivity index (χ1) is 10.9. The lowest BCUT2D eigenvalue weighted by atomic mass is 9.75. The molecule has 4 nitrogen and oxygen atoms in total. The molecule has 1 heterocycles. The van der Waals surface area contributed by atoms with Crippen LogP contribution in [0.5, 0.6) is 0 Å². The molecular weight excluding hydrogens is 288 g/mol. The lowest BCUT2D eigenvalue weighted by Crippen LogP contribution is -2.36. The van der Waals surface area contributed by atoms with Crippen LogP contribution >= 0.6 is 0 Å². The average Bonchev–Trinajstić information content (AvgIpc) is 2.69. The van der Waals surface area contributed by atoms with Gasteiger partial charge < -0.3 is 10.0 Å². The molecule has 3 unspecified atom stereocenters. The fraction of sp³-hybridized carbons (Fsp3) is 0.947. The van der Waals surface area contributed by atoms with Crippen molar-refractivity contribution in [2.45, 2.75) is 64.8 Å². The van der Waals surface area contributed by atoms with E-state index in [-0.39, 0.29) is 6.54 Å². The number of aliphatic carboxylic acids is 1. The highest BCUT2D eigenvalue weighted by Crippen LogP contribution is 2.34. The summed E-state index contributed by atoms with van der Waals surface area (Å²) in [5.41, 5.74) is 0. The lowest BCUT2D eigenvalue weighted by Gasteiger charge is -2.33. The van der Waals surface area contributed by atoms with Gasteiger partial charge in [-0.1, -0.05) is 13.8 Å². The normalized spacial score (nSPS) is 33.6. The average molecular weight is 325 g/mol. The van der Waals surface area contributed by atoms with Gasteiger partial charge in [-0.3, -0.25) is 9.69 Å². The van der Waals surface area contributed by atoms with Crippen molar-refractivity contribution in [1.82, 2.24) is 9.80 Å². The second-order valence-corrected chi connectivity index (χ2v) is 8.31. The summed E-state index contributed by atoms with van der Waals surface area (Å²) in [6, 6.07) is 0.436. The minimum absolute atomic E-state index is 0.169. The van der Waals surface area contributed by atoms with Crippen LogP contribution in [0.1, 0.15) is 58.8 Å². The molecule has 0 radical (unpaired) electrons. The molecule has 0 aromatic carbocycles. The number of carbonyl (C=O) groups is 1. The number of carboxylic acids is 1. The first-order valence-electron chi connectivity index (χ1n) is 9.58. The van der Waals surface area contributed by atoms with Crippen LogP contribution in [-0.2, 0) is 4.79 Å². The third kappa shape index (κ3) is 6.42. The Morgan fingerprint density at radius 3 is 2.48 bits per heavy atom. The maximum Gasteiger partial charge on any atom is 0.317 e. The summed E-state index contributed by atoms with van der Waals surface area (Å²) in [5, 5.41) is 8.96. The zero-order chi connectivity index (χ0) is 16.8. The molecular formula is C19H36N2O2. The van der Waals surface area contributed by atoms with Gasteiger partial charge in [0.2, 0.25) is 0 Å². The van der Waals surface area contributed by atoms with Gasteiger partial charge in [-0.15, -0.1) is 0 Å². The van der Waals surface area contributed by atoms with Crippen molar-refractivity contribution in [2.24, 2.45) is 17.8 Å². The Morgan fingerprint density at radius 1 is 1.13 bits per heavy atom. The molecule has 1 aliphatic carbocycles. The van der Waals surface area contributed by atoms with Gasteiger partial charge in [0.25, 0.3) is 0 Å². The third-order valence-corrected chi connectivity index (χ3v) is 5.93.